The fourth-order valence-electron chi connectivity index (χ4n) is 2.16. The van der Waals surface area contributed by atoms with Gasteiger partial charge in [-0.1, -0.05) is 53.7 Å². The van der Waals surface area contributed by atoms with Crippen molar-refractivity contribution in [1.29, 1.82) is 0 Å². The van der Waals surface area contributed by atoms with Crippen LogP contribution in [-0.4, -0.2) is 5.97 Å². The van der Waals surface area contributed by atoms with E-state index in [0.29, 0.717) is 10.8 Å². The van der Waals surface area contributed by atoms with Gasteiger partial charge in [-0.25, -0.2) is 4.79 Å². The van der Waals surface area contributed by atoms with E-state index in [0.717, 1.165) is 20.9 Å². The molecule has 0 atom stereocenters. The smallest absolute Gasteiger partial charge is 0.337 e. The number of thioether (sulfide) groups is 1. The Labute approximate surface area is 138 Å². The summed E-state index contributed by atoms with van der Waals surface area (Å²) in [4.78, 5) is 13.9. The molecule has 0 bridgehead atoms. The van der Waals surface area contributed by atoms with E-state index in [-0.39, 0.29) is 5.97 Å². The molecule has 0 unspecified atom stereocenters. The van der Waals surface area contributed by atoms with Crippen molar-refractivity contribution in [2.75, 3.05) is 0 Å². The number of hydrogen-bond acceptors (Lipinski definition) is 3. The zero-order valence-electron chi connectivity index (χ0n) is 11.9. The van der Waals surface area contributed by atoms with Gasteiger partial charge in [-0.15, -0.1) is 0 Å². The number of esters is 1. The van der Waals surface area contributed by atoms with E-state index in [1.807, 2.05) is 49.4 Å². The van der Waals surface area contributed by atoms with Crippen LogP contribution in [0.2, 0.25) is 5.02 Å². The molecule has 0 saturated carbocycles. The first-order valence-corrected chi connectivity index (χ1v) is 7.96. The van der Waals surface area contributed by atoms with Crippen molar-refractivity contribution in [2.45, 2.75) is 6.92 Å². The lowest BCUT2D eigenvalue weighted by Crippen LogP contribution is -2.00. The van der Waals surface area contributed by atoms with Gasteiger partial charge in [-0.2, -0.15) is 0 Å². The van der Waals surface area contributed by atoms with Gasteiger partial charge in [0.05, 0.1) is 0 Å². The normalized spacial score (nSPS) is 15.2. The molecule has 0 aliphatic carbocycles. The fourth-order valence-corrected chi connectivity index (χ4v) is 3.27. The number of ether oxygens (including phenoxy) is 1. The average Bonchev–Trinajstić information content (AvgIpc) is 2.68. The highest BCUT2D eigenvalue weighted by atomic mass is 35.5. The second-order valence-corrected chi connectivity index (χ2v) is 6.48. The Morgan fingerprint density at radius 1 is 0.955 bits per heavy atom. The zero-order chi connectivity index (χ0) is 15.5. The third-order valence-corrected chi connectivity index (χ3v) is 4.52. The molecule has 0 aromatic heterocycles. The highest BCUT2D eigenvalue weighted by molar-refractivity contribution is 8.11. The number of rotatable bonds is 2. The highest BCUT2D eigenvalue weighted by Gasteiger charge is 2.19. The van der Waals surface area contributed by atoms with Crippen molar-refractivity contribution < 1.29 is 9.53 Å². The van der Waals surface area contributed by atoms with E-state index in [9.17, 15) is 4.79 Å². The van der Waals surface area contributed by atoms with Crippen molar-refractivity contribution in [3.8, 4) is 0 Å². The Balaban J connectivity index is 1.98. The van der Waals surface area contributed by atoms with Gasteiger partial charge in [-0.3, -0.25) is 0 Å². The highest BCUT2D eigenvalue weighted by Crippen LogP contribution is 2.40. The molecular weight excluding hydrogens is 316 g/mol. The molecule has 0 radical (unpaired) electrons. The third kappa shape index (κ3) is 3.26. The SMILES string of the molecule is CC1=C(c2ccc(Cl)cc2)OC(=O)C=C(c2ccccc2)S1. The molecule has 0 N–H and O–H groups in total. The second-order valence-electron chi connectivity index (χ2n) is 4.79. The van der Waals surface area contributed by atoms with Crippen LogP contribution in [0.5, 0.6) is 0 Å². The van der Waals surface area contributed by atoms with E-state index in [4.69, 9.17) is 16.3 Å². The maximum atomic E-state index is 12.1. The molecule has 2 aromatic carbocycles. The molecule has 1 aliphatic heterocycles. The molecule has 22 heavy (non-hydrogen) atoms. The molecule has 0 fully saturated rings. The van der Waals surface area contributed by atoms with E-state index < -0.39 is 0 Å². The summed E-state index contributed by atoms with van der Waals surface area (Å²) in [5.74, 6) is 0.210. The lowest BCUT2D eigenvalue weighted by Gasteiger charge is -2.09. The van der Waals surface area contributed by atoms with Gasteiger partial charge < -0.3 is 4.74 Å². The van der Waals surface area contributed by atoms with Crippen LogP contribution >= 0.6 is 23.4 Å². The van der Waals surface area contributed by atoms with Crippen LogP contribution in [-0.2, 0) is 9.53 Å². The summed E-state index contributed by atoms with van der Waals surface area (Å²) in [6, 6.07) is 17.1. The number of carbonyl (C=O) groups excluding carboxylic acids is 1. The molecule has 2 nitrogen and oxygen atoms in total. The van der Waals surface area contributed by atoms with Crippen molar-refractivity contribution >= 4 is 40.0 Å². The predicted octanol–water partition coefficient (Wildman–Crippen LogP) is 5.36. The average molecular weight is 329 g/mol. The number of halogens is 1. The largest absolute Gasteiger partial charge is 0.422 e. The van der Waals surface area contributed by atoms with Crippen molar-refractivity contribution in [3.63, 3.8) is 0 Å². The van der Waals surface area contributed by atoms with E-state index in [1.54, 1.807) is 12.1 Å². The molecule has 0 amide bonds. The Hall–Kier alpha value is -1.97. The van der Waals surface area contributed by atoms with Gasteiger partial charge in [-0.05, 0) is 36.8 Å². The summed E-state index contributed by atoms with van der Waals surface area (Å²) in [5, 5.41) is 0.651. The quantitative estimate of drug-likeness (QED) is 0.694. The summed E-state index contributed by atoms with van der Waals surface area (Å²) in [6.45, 7) is 1.95. The van der Waals surface area contributed by atoms with Crippen molar-refractivity contribution in [3.05, 3.63) is 81.7 Å². The van der Waals surface area contributed by atoms with Gasteiger partial charge in [0.2, 0.25) is 0 Å². The first-order valence-electron chi connectivity index (χ1n) is 6.77. The van der Waals surface area contributed by atoms with Crippen LogP contribution in [0.25, 0.3) is 10.7 Å². The number of carbonyl (C=O) groups is 1. The number of hydrogen-bond donors (Lipinski definition) is 0. The van der Waals surface area contributed by atoms with Gasteiger partial charge in [0.1, 0.15) is 5.76 Å². The first-order chi connectivity index (χ1) is 10.6. The molecule has 1 aliphatic rings. The minimum Gasteiger partial charge on any atom is -0.422 e. The maximum Gasteiger partial charge on any atom is 0.337 e. The van der Waals surface area contributed by atoms with E-state index in [1.165, 1.54) is 17.8 Å². The Kier molecular flexibility index (Phi) is 4.36. The molecule has 1 heterocycles. The summed E-state index contributed by atoms with van der Waals surface area (Å²) >= 11 is 7.44. The molecule has 0 spiro atoms. The molecule has 2 aromatic rings. The molecule has 0 saturated heterocycles. The Morgan fingerprint density at radius 2 is 1.64 bits per heavy atom. The van der Waals surface area contributed by atoms with Gasteiger partial charge in [0.15, 0.2) is 0 Å². The Morgan fingerprint density at radius 3 is 2.32 bits per heavy atom. The summed E-state index contributed by atoms with van der Waals surface area (Å²) in [7, 11) is 0. The number of cyclic esters (lactones) is 1. The van der Waals surface area contributed by atoms with Gasteiger partial charge >= 0.3 is 5.97 Å². The monoisotopic (exact) mass is 328 g/mol. The molecule has 4 heteroatoms. The van der Waals surface area contributed by atoms with E-state index >= 15 is 0 Å². The molecule has 3 rings (SSSR count). The van der Waals surface area contributed by atoms with E-state index in [2.05, 4.69) is 0 Å². The first kappa shape index (κ1) is 14.9. The minimum absolute atomic E-state index is 0.367. The van der Waals surface area contributed by atoms with Gasteiger partial charge in [0, 0.05) is 26.5 Å². The predicted molar refractivity (Wildman–Crippen MR) is 92.1 cm³/mol. The van der Waals surface area contributed by atoms with Crippen molar-refractivity contribution in [1.82, 2.24) is 0 Å². The summed E-state index contributed by atoms with van der Waals surface area (Å²) in [6.07, 6.45) is 1.53. The molecular formula is C18H13ClO2S. The van der Waals surface area contributed by atoms with Crippen LogP contribution in [0, 0.1) is 0 Å². The van der Waals surface area contributed by atoms with Crippen LogP contribution in [0.4, 0.5) is 0 Å². The summed E-state index contributed by atoms with van der Waals surface area (Å²) in [5.41, 5.74) is 1.84. The molecule has 110 valence electrons. The zero-order valence-corrected chi connectivity index (χ0v) is 13.4. The van der Waals surface area contributed by atoms with Crippen LogP contribution < -0.4 is 0 Å². The fraction of sp³-hybridized carbons (Fsp3) is 0.0556. The standard InChI is InChI=1S/C18H13ClO2S/c1-12-18(14-7-9-15(19)10-8-14)21-17(20)11-16(22-12)13-5-3-2-4-6-13/h2-11H,1H3. The number of allylic oxidation sites excluding steroid dienone is 1. The lowest BCUT2D eigenvalue weighted by atomic mass is 10.2. The topological polar surface area (TPSA) is 26.3 Å². The summed E-state index contributed by atoms with van der Waals surface area (Å²) < 4.78 is 5.50. The third-order valence-electron chi connectivity index (χ3n) is 3.20. The van der Waals surface area contributed by atoms with Crippen molar-refractivity contribution in [2.24, 2.45) is 0 Å². The van der Waals surface area contributed by atoms with Crippen LogP contribution in [0.3, 0.4) is 0 Å². The maximum absolute atomic E-state index is 12.1. The lowest BCUT2D eigenvalue weighted by molar-refractivity contribution is -0.131. The van der Waals surface area contributed by atoms with Crippen LogP contribution in [0.15, 0.2) is 65.6 Å². The van der Waals surface area contributed by atoms with Gasteiger partial charge in [0.25, 0.3) is 0 Å². The Bertz CT molecular complexity index is 761. The number of benzene rings is 2. The van der Waals surface area contributed by atoms with Crippen LogP contribution in [0.1, 0.15) is 18.1 Å². The minimum atomic E-state index is -0.367. The second kappa shape index (κ2) is 6.42.